The Morgan fingerprint density at radius 1 is 0.857 bits per heavy atom. The van der Waals surface area contributed by atoms with E-state index in [1.165, 1.54) is 0 Å². The third-order valence-electron chi connectivity index (χ3n) is 2.76. The molecule has 0 aromatic heterocycles. The van der Waals surface area contributed by atoms with Crippen LogP contribution in [0.1, 0.15) is 6.42 Å². The van der Waals surface area contributed by atoms with Crippen molar-refractivity contribution in [1.82, 2.24) is 0 Å². The zero-order valence-electron chi connectivity index (χ0n) is 11.9. The molecule has 0 saturated carbocycles. The van der Waals surface area contributed by atoms with Crippen molar-refractivity contribution in [3.63, 3.8) is 0 Å². The highest BCUT2D eigenvalue weighted by Gasteiger charge is 1.95. The van der Waals surface area contributed by atoms with Crippen LogP contribution in [0, 0.1) is 0 Å². The molecule has 5 heteroatoms. The van der Waals surface area contributed by atoms with Crippen LogP contribution in [0.15, 0.2) is 58.8 Å². The minimum Gasteiger partial charge on any atom is -0.497 e. The van der Waals surface area contributed by atoms with Crippen LogP contribution in [-0.4, -0.2) is 25.4 Å². The van der Waals surface area contributed by atoms with E-state index in [2.05, 4.69) is 10.2 Å². The number of aliphatic hydroxyl groups excluding tert-OH is 1. The molecule has 0 saturated heterocycles. The number of methoxy groups -OCH3 is 1. The molecule has 0 radical (unpaired) electrons. The molecule has 0 spiro atoms. The Kier molecular flexibility index (Phi) is 5.72. The molecule has 5 nitrogen and oxygen atoms in total. The summed E-state index contributed by atoms with van der Waals surface area (Å²) in [7, 11) is 1.63. The van der Waals surface area contributed by atoms with Crippen LogP contribution in [0.4, 0.5) is 11.4 Å². The van der Waals surface area contributed by atoms with Gasteiger partial charge in [0.15, 0.2) is 0 Å². The molecular formula is C16H18N2O3. The molecule has 0 aliphatic carbocycles. The van der Waals surface area contributed by atoms with Gasteiger partial charge in [-0.2, -0.15) is 10.2 Å². The lowest BCUT2D eigenvalue weighted by atomic mass is 10.3. The van der Waals surface area contributed by atoms with E-state index in [0.29, 0.717) is 13.0 Å². The van der Waals surface area contributed by atoms with Gasteiger partial charge in [-0.25, -0.2) is 0 Å². The Bertz CT molecular complexity index is 565. The summed E-state index contributed by atoms with van der Waals surface area (Å²) in [6.45, 7) is 0.636. The fourth-order valence-corrected chi connectivity index (χ4v) is 1.63. The van der Waals surface area contributed by atoms with Crippen molar-refractivity contribution in [2.45, 2.75) is 6.42 Å². The van der Waals surface area contributed by atoms with Crippen LogP contribution in [-0.2, 0) is 0 Å². The van der Waals surface area contributed by atoms with Crippen molar-refractivity contribution in [3.8, 4) is 11.5 Å². The highest BCUT2D eigenvalue weighted by atomic mass is 16.5. The molecule has 0 aliphatic heterocycles. The molecular weight excluding hydrogens is 268 g/mol. The minimum absolute atomic E-state index is 0.133. The van der Waals surface area contributed by atoms with Gasteiger partial charge < -0.3 is 14.6 Å². The first kappa shape index (κ1) is 15.0. The van der Waals surface area contributed by atoms with Crippen molar-refractivity contribution in [2.24, 2.45) is 10.2 Å². The second-order valence-corrected chi connectivity index (χ2v) is 4.32. The van der Waals surface area contributed by atoms with Gasteiger partial charge in [0.2, 0.25) is 0 Å². The summed E-state index contributed by atoms with van der Waals surface area (Å²) in [6, 6.07) is 14.7. The van der Waals surface area contributed by atoms with E-state index >= 15 is 0 Å². The number of aliphatic hydroxyl groups is 1. The number of azo groups is 1. The quantitative estimate of drug-likeness (QED) is 0.620. The van der Waals surface area contributed by atoms with Crippen LogP contribution in [0.3, 0.4) is 0 Å². The van der Waals surface area contributed by atoms with E-state index < -0.39 is 0 Å². The number of ether oxygens (including phenoxy) is 2. The van der Waals surface area contributed by atoms with Gasteiger partial charge in [0.05, 0.1) is 25.1 Å². The van der Waals surface area contributed by atoms with Gasteiger partial charge in [-0.1, -0.05) is 0 Å². The summed E-state index contributed by atoms with van der Waals surface area (Å²) in [5.41, 5.74) is 1.51. The second-order valence-electron chi connectivity index (χ2n) is 4.32. The average Bonchev–Trinajstić information content (AvgIpc) is 2.55. The minimum atomic E-state index is 0.133. The summed E-state index contributed by atoms with van der Waals surface area (Å²) in [6.07, 6.45) is 0.624. The van der Waals surface area contributed by atoms with Gasteiger partial charge in [-0.15, -0.1) is 0 Å². The molecule has 0 unspecified atom stereocenters. The molecule has 2 aromatic carbocycles. The molecule has 0 fully saturated rings. The first-order chi connectivity index (χ1) is 10.3. The lowest BCUT2D eigenvalue weighted by Gasteiger charge is -2.04. The van der Waals surface area contributed by atoms with Crippen LogP contribution < -0.4 is 9.47 Å². The fourth-order valence-electron chi connectivity index (χ4n) is 1.63. The first-order valence-corrected chi connectivity index (χ1v) is 6.71. The number of hydrogen-bond donors (Lipinski definition) is 1. The number of rotatable bonds is 7. The molecule has 0 bridgehead atoms. The monoisotopic (exact) mass is 286 g/mol. The Morgan fingerprint density at radius 3 is 1.86 bits per heavy atom. The van der Waals surface area contributed by atoms with Crippen molar-refractivity contribution in [2.75, 3.05) is 20.3 Å². The van der Waals surface area contributed by atoms with Gasteiger partial charge >= 0.3 is 0 Å². The highest BCUT2D eigenvalue weighted by molar-refractivity contribution is 5.44. The maximum atomic E-state index is 8.68. The van der Waals surface area contributed by atoms with E-state index in [0.717, 1.165) is 22.9 Å². The van der Waals surface area contributed by atoms with E-state index in [9.17, 15) is 0 Å². The van der Waals surface area contributed by atoms with Crippen molar-refractivity contribution in [1.29, 1.82) is 0 Å². The molecule has 0 aliphatic rings. The van der Waals surface area contributed by atoms with Gasteiger partial charge in [0.25, 0.3) is 0 Å². The van der Waals surface area contributed by atoms with E-state index in [1.807, 2.05) is 48.5 Å². The molecule has 2 rings (SSSR count). The van der Waals surface area contributed by atoms with Crippen molar-refractivity contribution >= 4 is 11.4 Å². The Hall–Kier alpha value is -2.40. The summed E-state index contributed by atoms with van der Waals surface area (Å²) in [5.74, 6) is 1.55. The number of hydrogen-bond acceptors (Lipinski definition) is 5. The highest BCUT2D eigenvalue weighted by Crippen LogP contribution is 2.22. The van der Waals surface area contributed by atoms with Crippen LogP contribution in [0.5, 0.6) is 11.5 Å². The van der Waals surface area contributed by atoms with Crippen LogP contribution in [0.2, 0.25) is 0 Å². The molecule has 110 valence electrons. The summed E-state index contributed by atoms with van der Waals surface area (Å²) in [4.78, 5) is 0. The third kappa shape index (κ3) is 4.89. The Labute approximate surface area is 123 Å². The molecule has 21 heavy (non-hydrogen) atoms. The van der Waals surface area contributed by atoms with E-state index in [4.69, 9.17) is 14.6 Å². The van der Waals surface area contributed by atoms with Gasteiger partial charge in [-0.05, 0) is 48.5 Å². The standard InChI is InChI=1S/C16H18N2O3/c1-20-15-7-3-13(4-8-15)17-18-14-5-9-16(10-6-14)21-12-2-11-19/h3-10,19H,2,11-12H2,1H3. The first-order valence-electron chi connectivity index (χ1n) is 6.71. The van der Waals surface area contributed by atoms with Crippen LogP contribution in [0.25, 0.3) is 0 Å². The van der Waals surface area contributed by atoms with E-state index in [-0.39, 0.29) is 6.61 Å². The molecule has 0 atom stereocenters. The zero-order chi connectivity index (χ0) is 14.9. The van der Waals surface area contributed by atoms with Gasteiger partial charge in [0.1, 0.15) is 11.5 Å². The SMILES string of the molecule is COc1ccc(N=Nc2ccc(OCCCO)cc2)cc1. The summed E-state index contributed by atoms with van der Waals surface area (Å²) < 4.78 is 10.5. The maximum absolute atomic E-state index is 8.68. The largest absolute Gasteiger partial charge is 0.497 e. The Morgan fingerprint density at radius 2 is 1.38 bits per heavy atom. The molecule has 1 N–H and O–H groups in total. The van der Waals surface area contributed by atoms with E-state index in [1.54, 1.807) is 7.11 Å². The van der Waals surface area contributed by atoms with Crippen molar-refractivity contribution < 1.29 is 14.6 Å². The molecule has 0 heterocycles. The topological polar surface area (TPSA) is 63.4 Å². The molecule has 2 aromatic rings. The van der Waals surface area contributed by atoms with Gasteiger partial charge in [-0.3, -0.25) is 0 Å². The third-order valence-corrected chi connectivity index (χ3v) is 2.76. The zero-order valence-corrected chi connectivity index (χ0v) is 11.9. The van der Waals surface area contributed by atoms with Crippen LogP contribution >= 0.6 is 0 Å². The van der Waals surface area contributed by atoms with Crippen molar-refractivity contribution in [3.05, 3.63) is 48.5 Å². The average molecular weight is 286 g/mol. The lowest BCUT2D eigenvalue weighted by Crippen LogP contribution is -1.99. The predicted octanol–water partition coefficient (Wildman–Crippen LogP) is 3.87. The second kappa shape index (κ2) is 8.01. The smallest absolute Gasteiger partial charge is 0.119 e. The summed E-state index contributed by atoms with van der Waals surface area (Å²) >= 11 is 0. The fraction of sp³-hybridized carbons (Fsp3) is 0.250. The van der Waals surface area contributed by atoms with Gasteiger partial charge in [0, 0.05) is 13.0 Å². The lowest BCUT2D eigenvalue weighted by molar-refractivity contribution is 0.233. The number of nitrogens with zero attached hydrogens (tertiary/aromatic N) is 2. The maximum Gasteiger partial charge on any atom is 0.119 e. The summed E-state index contributed by atoms with van der Waals surface area (Å²) in [5, 5.41) is 17.0. The molecule has 0 amide bonds. The Balaban J connectivity index is 1.93. The number of benzene rings is 2. The normalized spacial score (nSPS) is 10.8. The predicted molar refractivity (Wildman–Crippen MR) is 80.8 cm³/mol.